The van der Waals surface area contributed by atoms with Gasteiger partial charge in [-0.2, -0.15) is 5.10 Å². The summed E-state index contributed by atoms with van der Waals surface area (Å²) in [5.74, 6) is 2.98. The summed E-state index contributed by atoms with van der Waals surface area (Å²) in [7, 11) is 0. The third-order valence-corrected chi connectivity index (χ3v) is 5.24. The van der Waals surface area contributed by atoms with Crippen molar-refractivity contribution >= 4 is 23.5 Å². The molecular weight excluding hydrogens is 400 g/mol. The maximum atomic E-state index is 6.45. The standard InChI is InChI=1S/C23H25ClN4O2/c1-3-20(26-23-10-16(2)30-27-23)8-6-18-12-25-28(13-18)14-19-7-9-21(11-22(19)24)29-15-17-4-5-17/h3,6-13,17,20H,1,4-5,14-15H2,2H3,(H,26,27)/b8-6+/t20-/m0/s1. The van der Waals surface area contributed by atoms with Crippen LogP contribution >= 0.6 is 11.6 Å². The quantitative estimate of drug-likeness (QED) is 0.444. The van der Waals surface area contributed by atoms with E-state index in [9.17, 15) is 0 Å². The number of benzene rings is 1. The van der Waals surface area contributed by atoms with E-state index in [1.165, 1.54) is 12.8 Å². The molecule has 156 valence electrons. The summed E-state index contributed by atoms with van der Waals surface area (Å²) in [6.45, 7) is 7.09. The van der Waals surface area contributed by atoms with Gasteiger partial charge in [-0.25, -0.2) is 0 Å². The van der Waals surface area contributed by atoms with Crippen LogP contribution in [0.1, 0.15) is 29.7 Å². The SMILES string of the molecule is C=C[C@@H](/C=C/c1cnn(Cc2ccc(OCC3CC3)cc2Cl)c1)Nc1cc(C)on1. The first kappa shape index (κ1) is 20.3. The van der Waals surface area contributed by atoms with E-state index in [2.05, 4.69) is 22.2 Å². The lowest BCUT2D eigenvalue weighted by Crippen LogP contribution is -2.13. The summed E-state index contributed by atoms with van der Waals surface area (Å²) in [5.41, 5.74) is 1.99. The van der Waals surface area contributed by atoms with Gasteiger partial charge in [0.05, 0.1) is 25.4 Å². The monoisotopic (exact) mass is 424 g/mol. The van der Waals surface area contributed by atoms with E-state index in [4.69, 9.17) is 20.9 Å². The Bertz CT molecular complexity index is 1040. The summed E-state index contributed by atoms with van der Waals surface area (Å²) >= 11 is 6.45. The van der Waals surface area contributed by atoms with Gasteiger partial charge in [-0.1, -0.05) is 41.1 Å². The normalized spacial score (nSPS) is 14.7. The molecule has 1 N–H and O–H groups in total. The molecule has 3 aromatic rings. The van der Waals surface area contributed by atoms with E-state index < -0.39 is 0 Å². The number of aryl methyl sites for hydroxylation is 1. The van der Waals surface area contributed by atoms with Crippen LogP contribution in [0.15, 0.2) is 59.9 Å². The zero-order chi connectivity index (χ0) is 20.9. The highest BCUT2D eigenvalue weighted by Gasteiger charge is 2.22. The molecule has 0 saturated heterocycles. The average Bonchev–Trinajstić information content (AvgIpc) is 3.32. The molecular formula is C23H25ClN4O2. The summed E-state index contributed by atoms with van der Waals surface area (Å²) in [4.78, 5) is 0. The van der Waals surface area contributed by atoms with Crippen molar-refractivity contribution in [1.82, 2.24) is 14.9 Å². The van der Waals surface area contributed by atoms with Gasteiger partial charge in [0.15, 0.2) is 5.82 Å². The fourth-order valence-electron chi connectivity index (χ4n) is 2.98. The molecule has 0 spiro atoms. The number of hydrogen-bond donors (Lipinski definition) is 1. The predicted octanol–water partition coefficient (Wildman–Crippen LogP) is 5.35. The van der Waals surface area contributed by atoms with Crippen LogP contribution in [0.25, 0.3) is 6.08 Å². The highest BCUT2D eigenvalue weighted by Crippen LogP contribution is 2.30. The Kier molecular flexibility index (Phi) is 6.23. The second kappa shape index (κ2) is 9.22. The fourth-order valence-corrected chi connectivity index (χ4v) is 3.21. The van der Waals surface area contributed by atoms with Crippen LogP contribution in [0, 0.1) is 12.8 Å². The maximum Gasteiger partial charge on any atom is 0.170 e. The highest BCUT2D eigenvalue weighted by atomic mass is 35.5. The fraction of sp³-hybridized carbons (Fsp3) is 0.304. The molecule has 0 aliphatic heterocycles. The van der Waals surface area contributed by atoms with Gasteiger partial charge in [0.25, 0.3) is 0 Å². The second-order valence-electron chi connectivity index (χ2n) is 7.57. The Balaban J connectivity index is 1.35. The minimum Gasteiger partial charge on any atom is -0.493 e. The number of ether oxygens (including phenoxy) is 1. The number of nitrogens with zero attached hydrogens (tertiary/aromatic N) is 3. The topological polar surface area (TPSA) is 65.1 Å². The van der Waals surface area contributed by atoms with Gasteiger partial charge < -0.3 is 14.6 Å². The first-order valence-electron chi connectivity index (χ1n) is 10.0. The largest absolute Gasteiger partial charge is 0.493 e. The van der Waals surface area contributed by atoms with Crippen molar-refractivity contribution in [2.75, 3.05) is 11.9 Å². The molecule has 1 aliphatic rings. The molecule has 2 aromatic heterocycles. The third-order valence-electron chi connectivity index (χ3n) is 4.89. The molecule has 0 amide bonds. The van der Waals surface area contributed by atoms with E-state index in [1.54, 1.807) is 6.08 Å². The van der Waals surface area contributed by atoms with E-state index in [0.29, 0.717) is 17.4 Å². The number of hydrogen-bond acceptors (Lipinski definition) is 5. The van der Waals surface area contributed by atoms with Crippen molar-refractivity contribution in [2.45, 2.75) is 32.4 Å². The van der Waals surface area contributed by atoms with Crippen molar-refractivity contribution in [2.24, 2.45) is 5.92 Å². The lowest BCUT2D eigenvalue weighted by atomic mass is 10.2. The Morgan fingerprint density at radius 2 is 2.27 bits per heavy atom. The van der Waals surface area contributed by atoms with E-state index in [0.717, 1.165) is 35.2 Å². The molecule has 0 unspecified atom stereocenters. The number of halogens is 1. The van der Waals surface area contributed by atoms with Gasteiger partial charge in [-0.05, 0) is 43.4 Å². The smallest absolute Gasteiger partial charge is 0.170 e. The molecule has 0 radical (unpaired) electrons. The summed E-state index contributed by atoms with van der Waals surface area (Å²) in [6.07, 6.45) is 12.1. The highest BCUT2D eigenvalue weighted by molar-refractivity contribution is 6.31. The molecule has 4 rings (SSSR count). The minimum absolute atomic E-state index is 0.0736. The first-order valence-corrected chi connectivity index (χ1v) is 10.4. The van der Waals surface area contributed by atoms with Gasteiger partial charge in [-0.15, -0.1) is 6.58 Å². The van der Waals surface area contributed by atoms with Crippen molar-refractivity contribution in [3.63, 3.8) is 0 Å². The Morgan fingerprint density at radius 3 is 2.97 bits per heavy atom. The van der Waals surface area contributed by atoms with Crippen molar-refractivity contribution < 1.29 is 9.26 Å². The Labute approximate surface area is 181 Å². The van der Waals surface area contributed by atoms with E-state index >= 15 is 0 Å². The Morgan fingerprint density at radius 1 is 1.40 bits per heavy atom. The average molecular weight is 425 g/mol. The summed E-state index contributed by atoms with van der Waals surface area (Å²) in [5, 5.41) is 12.3. The number of anilines is 1. The molecule has 2 heterocycles. The van der Waals surface area contributed by atoms with Gasteiger partial charge in [0, 0.05) is 22.8 Å². The van der Waals surface area contributed by atoms with Crippen LogP contribution in [-0.2, 0) is 6.54 Å². The van der Waals surface area contributed by atoms with Crippen LogP contribution < -0.4 is 10.1 Å². The second-order valence-corrected chi connectivity index (χ2v) is 7.97. The maximum absolute atomic E-state index is 6.45. The lowest BCUT2D eigenvalue weighted by Gasteiger charge is -2.09. The molecule has 1 aromatic carbocycles. The summed E-state index contributed by atoms with van der Waals surface area (Å²) in [6, 6.07) is 7.62. The molecule has 1 saturated carbocycles. The van der Waals surface area contributed by atoms with Gasteiger partial charge in [-0.3, -0.25) is 4.68 Å². The van der Waals surface area contributed by atoms with Crippen molar-refractivity contribution in [3.05, 3.63) is 77.3 Å². The lowest BCUT2D eigenvalue weighted by molar-refractivity contribution is 0.299. The van der Waals surface area contributed by atoms with Crippen LogP contribution in [0.3, 0.4) is 0 Å². The zero-order valence-electron chi connectivity index (χ0n) is 16.9. The molecule has 30 heavy (non-hydrogen) atoms. The molecule has 0 bridgehead atoms. The Hall–Kier alpha value is -2.99. The van der Waals surface area contributed by atoms with Crippen LogP contribution in [0.2, 0.25) is 5.02 Å². The predicted molar refractivity (Wildman–Crippen MR) is 119 cm³/mol. The van der Waals surface area contributed by atoms with E-state index in [1.807, 2.05) is 60.4 Å². The summed E-state index contributed by atoms with van der Waals surface area (Å²) < 4.78 is 12.7. The van der Waals surface area contributed by atoms with Gasteiger partial charge >= 0.3 is 0 Å². The van der Waals surface area contributed by atoms with Crippen LogP contribution in [-0.4, -0.2) is 27.6 Å². The van der Waals surface area contributed by atoms with Crippen molar-refractivity contribution in [1.29, 1.82) is 0 Å². The molecule has 1 fully saturated rings. The third kappa shape index (κ3) is 5.54. The molecule has 6 nitrogen and oxygen atoms in total. The van der Waals surface area contributed by atoms with E-state index in [-0.39, 0.29) is 6.04 Å². The minimum atomic E-state index is -0.0736. The molecule has 1 aliphatic carbocycles. The number of aromatic nitrogens is 3. The van der Waals surface area contributed by atoms with Gasteiger partial charge in [0.2, 0.25) is 0 Å². The molecule has 7 heteroatoms. The van der Waals surface area contributed by atoms with Crippen LogP contribution in [0.5, 0.6) is 5.75 Å². The first-order chi connectivity index (χ1) is 14.6. The zero-order valence-corrected chi connectivity index (χ0v) is 17.7. The molecule has 1 atom stereocenters. The van der Waals surface area contributed by atoms with Gasteiger partial charge in [0.1, 0.15) is 11.5 Å². The number of rotatable bonds is 10. The van der Waals surface area contributed by atoms with Crippen LogP contribution in [0.4, 0.5) is 5.82 Å². The van der Waals surface area contributed by atoms with Crippen molar-refractivity contribution in [3.8, 4) is 5.75 Å². The number of nitrogens with one attached hydrogen (secondary N) is 1.